The van der Waals surface area contributed by atoms with Gasteiger partial charge < -0.3 is 4.74 Å². The van der Waals surface area contributed by atoms with Crippen molar-refractivity contribution in [2.45, 2.75) is 18.4 Å². The fraction of sp³-hybridized carbons (Fsp3) is 0.368. The first-order valence-electron chi connectivity index (χ1n) is 8.59. The van der Waals surface area contributed by atoms with E-state index in [1.807, 2.05) is 25.1 Å². The molecule has 2 aromatic carbocycles. The van der Waals surface area contributed by atoms with Gasteiger partial charge in [0, 0.05) is 32.7 Å². The van der Waals surface area contributed by atoms with Crippen LogP contribution in [0.4, 0.5) is 0 Å². The number of ether oxygens (including phenoxy) is 1. The van der Waals surface area contributed by atoms with Gasteiger partial charge in [-0.25, -0.2) is 8.42 Å². The summed E-state index contributed by atoms with van der Waals surface area (Å²) in [4.78, 5) is 2.65. The van der Waals surface area contributed by atoms with E-state index < -0.39 is 10.0 Å². The zero-order chi connectivity index (χ0) is 17.7. The molecule has 0 amide bonds. The molecule has 1 heterocycles. The highest BCUT2D eigenvalue weighted by atomic mass is 32.2. The summed E-state index contributed by atoms with van der Waals surface area (Å²) < 4.78 is 32.3. The normalized spacial score (nSPS) is 16.7. The minimum atomic E-state index is -3.38. The van der Waals surface area contributed by atoms with Gasteiger partial charge in [0.25, 0.3) is 0 Å². The van der Waals surface area contributed by atoms with Crippen LogP contribution in [0.5, 0.6) is 5.75 Å². The average Bonchev–Trinajstić information content (AvgIpc) is 2.65. The fourth-order valence-electron chi connectivity index (χ4n) is 2.99. The highest BCUT2D eigenvalue weighted by molar-refractivity contribution is 7.89. The summed E-state index contributed by atoms with van der Waals surface area (Å²) in [5.74, 6) is 0.880. The van der Waals surface area contributed by atoms with Gasteiger partial charge in [-0.05, 0) is 36.8 Å². The first kappa shape index (κ1) is 17.9. The molecule has 3 rings (SSSR count). The van der Waals surface area contributed by atoms with Crippen molar-refractivity contribution < 1.29 is 13.2 Å². The van der Waals surface area contributed by atoms with E-state index in [0.717, 1.165) is 25.4 Å². The summed E-state index contributed by atoms with van der Waals surface area (Å²) in [7, 11) is -3.38. The van der Waals surface area contributed by atoms with Gasteiger partial charge in [0.05, 0.1) is 11.5 Å². The summed E-state index contributed by atoms with van der Waals surface area (Å²) in [5, 5.41) is 0. The maximum atomic E-state index is 12.6. The van der Waals surface area contributed by atoms with E-state index >= 15 is 0 Å². The molecular formula is C19H24N2O3S. The molecule has 1 saturated heterocycles. The largest absolute Gasteiger partial charge is 0.494 e. The lowest BCUT2D eigenvalue weighted by Gasteiger charge is -2.34. The number of nitrogens with zero attached hydrogens (tertiary/aromatic N) is 2. The maximum absolute atomic E-state index is 12.6. The number of benzene rings is 2. The van der Waals surface area contributed by atoms with Crippen molar-refractivity contribution in [3.63, 3.8) is 0 Å². The molecule has 0 radical (unpaired) electrons. The van der Waals surface area contributed by atoms with Crippen molar-refractivity contribution in [1.82, 2.24) is 9.21 Å². The molecule has 1 aliphatic rings. The molecule has 134 valence electrons. The molecule has 0 aromatic heterocycles. The smallest absolute Gasteiger partial charge is 0.243 e. The summed E-state index contributed by atoms with van der Waals surface area (Å²) in [6, 6.07) is 16.8. The lowest BCUT2D eigenvalue weighted by atomic mass is 10.2. The zero-order valence-electron chi connectivity index (χ0n) is 14.5. The third-order valence-corrected chi connectivity index (χ3v) is 6.27. The van der Waals surface area contributed by atoms with Gasteiger partial charge in [-0.3, -0.25) is 4.90 Å². The van der Waals surface area contributed by atoms with Crippen LogP contribution in [-0.4, -0.2) is 50.4 Å². The van der Waals surface area contributed by atoms with Crippen molar-refractivity contribution in [3.8, 4) is 5.75 Å². The lowest BCUT2D eigenvalue weighted by molar-refractivity contribution is 0.181. The Morgan fingerprint density at radius 3 is 2.16 bits per heavy atom. The number of sulfonamides is 1. The molecule has 0 spiro atoms. The highest BCUT2D eigenvalue weighted by Crippen LogP contribution is 2.19. The van der Waals surface area contributed by atoms with Crippen LogP contribution in [0.3, 0.4) is 0 Å². The van der Waals surface area contributed by atoms with Crippen LogP contribution in [0.25, 0.3) is 0 Å². The third kappa shape index (κ3) is 4.39. The van der Waals surface area contributed by atoms with E-state index in [9.17, 15) is 8.42 Å². The molecule has 2 aromatic rings. The van der Waals surface area contributed by atoms with Gasteiger partial charge in [0.1, 0.15) is 5.75 Å². The van der Waals surface area contributed by atoms with Crippen molar-refractivity contribution in [1.29, 1.82) is 0 Å². The Hall–Kier alpha value is -1.89. The molecule has 25 heavy (non-hydrogen) atoms. The Kier molecular flexibility index (Phi) is 5.73. The van der Waals surface area contributed by atoms with E-state index in [4.69, 9.17) is 4.74 Å². The Bertz CT molecular complexity index is 768. The fourth-order valence-corrected chi connectivity index (χ4v) is 4.43. The van der Waals surface area contributed by atoms with Crippen molar-refractivity contribution in [2.24, 2.45) is 0 Å². The quantitative estimate of drug-likeness (QED) is 0.795. The van der Waals surface area contributed by atoms with E-state index in [1.54, 1.807) is 28.6 Å². The van der Waals surface area contributed by atoms with Crippen molar-refractivity contribution in [2.75, 3.05) is 32.8 Å². The molecule has 0 bridgehead atoms. The summed E-state index contributed by atoms with van der Waals surface area (Å²) >= 11 is 0. The van der Waals surface area contributed by atoms with Gasteiger partial charge in [-0.2, -0.15) is 4.31 Å². The first-order valence-corrected chi connectivity index (χ1v) is 10.0. The molecule has 0 atom stereocenters. The van der Waals surface area contributed by atoms with E-state index in [-0.39, 0.29) is 0 Å². The summed E-state index contributed by atoms with van der Waals surface area (Å²) in [5.41, 5.74) is 1.21. The number of hydrogen-bond acceptors (Lipinski definition) is 4. The van der Waals surface area contributed by atoms with Crippen LogP contribution in [0, 0.1) is 0 Å². The second kappa shape index (κ2) is 7.99. The van der Waals surface area contributed by atoms with Crippen LogP contribution in [0.2, 0.25) is 0 Å². The van der Waals surface area contributed by atoms with E-state index in [1.165, 1.54) is 5.56 Å². The van der Waals surface area contributed by atoms with Gasteiger partial charge in [-0.15, -0.1) is 0 Å². The Morgan fingerprint density at radius 2 is 1.56 bits per heavy atom. The molecule has 6 heteroatoms. The molecule has 0 unspecified atom stereocenters. The summed E-state index contributed by atoms with van der Waals surface area (Å²) in [6.07, 6.45) is 0. The lowest BCUT2D eigenvalue weighted by Crippen LogP contribution is -2.48. The summed E-state index contributed by atoms with van der Waals surface area (Å²) in [6.45, 7) is 5.97. The molecule has 5 nitrogen and oxygen atoms in total. The van der Waals surface area contributed by atoms with Crippen molar-refractivity contribution >= 4 is 10.0 Å². The van der Waals surface area contributed by atoms with Gasteiger partial charge in [-0.1, -0.05) is 30.3 Å². The Balaban J connectivity index is 1.57. The predicted octanol–water partition coefficient (Wildman–Crippen LogP) is 2.59. The van der Waals surface area contributed by atoms with Crippen LogP contribution in [0.15, 0.2) is 59.5 Å². The highest BCUT2D eigenvalue weighted by Gasteiger charge is 2.28. The standard InChI is InChI=1S/C19H24N2O3S/c1-2-24-18-10-8-17(9-11-18)16-20-12-14-21(15-13-20)25(22,23)19-6-4-3-5-7-19/h3-11H,2,12-16H2,1H3. The van der Waals surface area contributed by atoms with Crippen LogP contribution < -0.4 is 4.74 Å². The minimum Gasteiger partial charge on any atom is -0.494 e. The van der Waals surface area contributed by atoms with Crippen LogP contribution in [-0.2, 0) is 16.6 Å². The minimum absolute atomic E-state index is 0.370. The molecule has 1 aliphatic heterocycles. The monoisotopic (exact) mass is 360 g/mol. The number of rotatable bonds is 6. The third-order valence-electron chi connectivity index (χ3n) is 4.35. The van der Waals surface area contributed by atoms with Gasteiger partial charge in [0.2, 0.25) is 10.0 Å². The average molecular weight is 360 g/mol. The predicted molar refractivity (Wildman–Crippen MR) is 98.1 cm³/mol. The topological polar surface area (TPSA) is 49.9 Å². The Morgan fingerprint density at radius 1 is 0.920 bits per heavy atom. The SMILES string of the molecule is CCOc1ccc(CN2CCN(S(=O)(=O)c3ccccc3)CC2)cc1. The second-order valence-corrected chi connectivity index (χ2v) is 8.01. The van der Waals surface area contributed by atoms with Gasteiger partial charge >= 0.3 is 0 Å². The first-order chi connectivity index (χ1) is 12.1. The van der Waals surface area contributed by atoms with Gasteiger partial charge in [0.15, 0.2) is 0 Å². The maximum Gasteiger partial charge on any atom is 0.243 e. The Labute approximate surface area is 149 Å². The molecule has 0 N–H and O–H groups in total. The molecular weight excluding hydrogens is 336 g/mol. The molecule has 0 saturated carbocycles. The zero-order valence-corrected chi connectivity index (χ0v) is 15.3. The van der Waals surface area contributed by atoms with Crippen LogP contribution >= 0.6 is 0 Å². The van der Waals surface area contributed by atoms with Crippen LogP contribution in [0.1, 0.15) is 12.5 Å². The molecule has 0 aliphatic carbocycles. The number of piperazine rings is 1. The van der Waals surface area contributed by atoms with Crippen molar-refractivity contribution in [3.05, 3.63) is 60.2 Å². The van der Waals surface area contributed by atoms with E-state index in [2.05, 4.69) is 17.0 Å². The molecule has 1 fully saturated rings. The number of hydrogen-bond donors (Lipinski definition) is 0. The van der Waals surface area contributed by atoms with E-state index in [0.29, 0.717) is 24.6 Å². The second-order valence-electron chi connectivity index (χ2n) is 6.07.